The van der Waals surface area contributed by atoms with Crippen molar-refractivity contribution in [2.75, 3.05) is 0 Å². The second-order valence-corrected chi connectivity index (χ2v) is 8.08. The van der Waals surface area contributed by atoms with Crippen LogP contribution in [0.3, 0.4) is 0 Å². The smallest absolute Gasteiger partial charge is 0.212 e. The molecule has 1 aliphatic rings. The highest BCUT2D eigenvalue weighted by Gasteiger charge is 2.20. The molecular weight excluding hydrogens is 264 g/mol. The summed E-state index contributed by atoms with van der Waals surface area (Å²) in [5, 5.41) is 0.652. The zero-order chi connectivity index (χ0) is 11.6. The predicted molar refractivity (Wildman–Crippen MR) is 68.4 cm³/mol. The highest BCUT2D eigenvalue weighted by atomic mass is 35.7. The molecule has 0 saturated heterocycles. The number of rotatable bonds is 4. The maximum absolute atomic E-state index is 11.1. The average molecular weight is 277 g/mol. The minimum absolute atomic E-state index is 0.0789. The van der Waals surface area contributed by atoms with E-state index in [1.165, 1.54) is 19.3 Å². The van der Waals surface area contributed by atoms with Crippen molar-refractivity contribution in [2.45, 2.75) is 35.2 Å². The Morgan fingerprint density at radius 3 is 2.56 bits per heavy atom. The van der Waals surface area contributed by atoms with Crippen molar-refractivity contribution in [3.05, 3.63) is 29.8 Å². The highest BCUT2D eigenvalue weighted by Crippen LogP contribution is 2.38. The molecule has 0 aliphatic heterocycles. The van der Waals surface area contributed by atoms with Crippen molar-refractivity contribution < 1.29 is 8.42 Å². The van der Waals surface area contributed by atoms with Crippen LogP contribution < -0.4 is 0 Å². The van der Waals surface area contributed by atoms with E-state index in [0.29, 0.717) is 5.25 Å². The van der Waals surface area contributed by atoms with Crippen LogP contribution in [-0.2, 0) is 14.8 Å². The minimum atomic E-state index is -3.47. The minimum Gasteiger partial charge on any atom is -0.212 e. The largest absolute Gasteiger partial charge is 0.236 e. The molecule has 1 aromatic rings. The van der Waals surface area contributed by atoms with Crippen LogP contribution in [0.4, 0.5) is 0 Å². The van der Waals surface area contributed by atoms with Crippen LogP contribution in [0.2, 0.25) is 0 Å². The van der Waals surface area contributed by atoms with E-state index in [0.717, 1.165) is 10.5 Å². The summed E-state index contributed by atoms with van der Waals surface area (Å²) in [4.78, 5) is 1.05. The van der Waals surface area contributed by atoms with Crippen molar-refractivity contribution in [3.63, 3.8) is 0 Å². The lowest BCUT2D eigenvalue weighted by Crippen LogP contribution is -2.13. The Kier molecular flexibility index (Phi) is 3.82. The molecule has 88 valence electrons. The van der Waals surface area contributed by atoms with E-state index in [9.17, 15) is 8.42 Å². The molecule has 0 atom stereocenters. The van der Waals surface area contributed by atoms with Gasteiger partial charge < -0.3 is 0 Å². The molecule has 2 rings (SSSR count). The third-order valence-corrected chi connectivity index (χ3v) is 5.09. The van der Waals surface area contributed by atoms with Gasteiger partial charge in [-0.25, -0.2) is 8.42 Å². The summed E-state index contributed by atoms with van der Waals surface area (Å²) < 4.78 is 22.2. The van der Waals surface area contributed by atoms with Gasteiger partial charge in [-0.05, 0) is 24.5 Å². The molecule has 0 aromatic heterocycles. The van der Waals surface area contributed by atoms with E-state index in [-0.39, 0.29) is 5.75 Å². The lowest BCUT2D eigenvalue weighted by atomic mass is 10.00. The SMILES string of the molecule is O=S(=O)(Cl)Cc1ccccc1SC1CCC1. The number of benzene rings is 1. The standard InChI is InChI=1S/C11H13ClO2S2/c12-16(13,14)8-9-4-1-2-7-11(9)15-10-5-3-6-10/h1-2,4,7,10H,3,5-6,8H2. The van der Waals surface area contributed by atoms with Crippen LogP contribution >= 0.6 is 22.4 Å². The first-order chi connectivity index (χ1) is 7.54. The van der Waals surface area contributed by atoms with Gasteiger partial charge in [0.15, 0.2) is 0 Å². The van der Waals surface area contributed by atoms with E-state index in [2.05, 4.69) is 0 Å². The summed E-state index contributed by atoms with van der Waals surface area (Å²) in [5.74, 6) is -0.0789. The summed E-state index contributed by atoms with van der Waals surface area (Å²) in [6.45, 7) is 0. The average Bonchev–Trinajstić information content (AvgIpc) is 2.11. The second kappa shape index (κ2) is 4.98. The molecule has 2 nitrogen and oxygen atoms in total. The molecule has 1 aromatic carbocycles. The molecule has 5 heteroatoms. The van der Waals surface area contributed by atoms with Crippen LogP contribution in [0.5, 0.6) is 0 Å². The van der Waals surface area contributed by atoms with Gasteiger partial charge >= 0.3 is 0 Å². The van der Waals surface area contributed by atoms with Crippen LogP contribution in [0.15, 0.2) is 29.2 Å². The Bertz CT molecular complexity index is 467. The van der Waals surface area contributed by atoms with Gasteiger partial charge in [-0.15, -0.1) is 11.8 Å². The molecule has 0 N–H and O–H groups in total. The molecule has 16 heavy (non-hydrogen) atoms. The van der Waals surface area contributed by atoms with Gasteiger partial charge in [-0.3, -0.25) is 0 Å². The first-order valence-electron chi connectivity index (χ1n) is 5.21. The van der Waals surface area contributed by atoms with Crippen molar-refractivity contribution in [3.8, 4) is 0 Å². The summed E-state index contributed by atoms with van der Waals surface area (Å²) in [7, 11) is 1.82. The molecule has 1 fully saturated rings. The fraction of sp³-hybridized carbons (Fsp3) is 0.455. The summed E-state index contributed by atoms with van der Waals surface area (Å²) >= 11 is 1.77. The van der Waals surface area contributed by atoms with Crippen molar-refractivity contribution >= 4 is 31.5 Å². The summed E-state index contributed by atoms with van der Waals surface area (Å²) in [6.07, 6.45) is 3.74. The molecule has 1 saturated carbocycles. The molecule has 1 aliphatic carbocycles. The normalized spacial score (nSPS) is 17.1. The number of hydrogen-bond donors (Lipinski definition) is 0. The Labute approximate surface area is 105 Å². The first kappa shape index (κ1) is 12.3. The molecular formula is C11H13ClO2S2. The Hall–Kier alpha value is -0.190. The van der Waals surface area contributed by atoms with Crippen molar-refractivity contribution in [1.82, 2.24) is 0 Å². The van der Waals surface area contributed by atoms with Gasteiger partial charge in [0, 0.05) is 20.8 Å². The quantitative estimate of drug-likeness (QED) is 0.791. The van der Waals surface area contributed by atoms with E-state index >= 15 is 0 Å². The van der Waals surface area contributed by atoms with E-state index in [4.69, 9.17) is 10.7 Å². The van der Waals surface area contributed by atoms with Crippen molar-refractivity contribution in [1.29, 1.82) is 0 Å². The summed E-state index contributed by atoms with van der Waals surface area (Å²) in [5.41, 5.74) is 0.814. The molecule has 0 amide bonds. The van der Waals surface area contributed by atoms with E-state index < -0.39 is 9.05 Å². The van der Waals surface area contributed by atoms with Crippen LogP contribution in [-0.4, -0.2) is 13.7 Å². The van der Waals surface area contributed by atoms with Gasteiger partial charge in [-0.1, -0.05) is 24.6 Å². The monoisotopic (exact) mass is 276 g/mol. The fourth-order valence-corrected chi connectivity index (χ4v) is 4.04. The molecule has 0 spiro atoms. The predicted octanol–water partition coefficient (Wildman–Crippen LogP) is 3.40. The Morgan fingerprint density at radius 2 is 2.00 bits per heavy atom. The highest BCUT2D eigenvalue weighted by molar-refractivity contribution is 8.13. The van der Waals surface area contributed by atoms with Gasteiger partial charge in [0.1, 0.15) is 0 Å². The molecule has 0 radical (unpaired) electrons. The zero-order valence-corrected chi connectivity index (χ0v) is 11.1. The summed E-state index contributed by atoms with van der Waals surface area (Å²) in [6, 6.07) is 7.59. The van der Waals surface area contributed by atoms with E-state index in [1.807, 2.05) is 24.3 Å². The Balaban J connectivity index is 2.16. The third-order valence-electron chi connectivity index (χ3n) is 2.65. The maximum atomic E-state index is 11.1. The number of halogens is 1. The molecule has 0 bridgehead atoms. The maximum Gasteiger partial charge on any atom is 0.236 e. The van der Waals surface area contributed by atoms with Gasteiger partial charge in [-0.2, -0.15) is 0 Å². The molecule has 0 heterocycles. The Morgan fingerprint density at radius 1 is 1.31 bits per heavy atom. The second-order valence-electron chi connectivity index (χ2n) is 3.96. The van der Waals surface area contributed by atoms with Crippen molar-refractivity contribution in [2.24, 2.45) is 0 Å². The zero-order valence-electron chi connectivity index (χ0n) is 8.73. The van der Waals surface area contributed by atoms with E-state index in [1.54, 1.807) is 11.8 Å². The number of hydrogen-bond acceptors (Lipinski definition) is 3. The van der Waals surface area contributed by atoms with Crippen LogP contribution in [0.1, 0.15) is 24.8 Å². The van der Waals surface area contributed by atoms with Crippen LogP contribution in [0.25, 0.3) is 0 Å². The van der Waals surface area contributed by atoms with Gasteiger partial charge in [0.25, 0.3) is 0 Å². The lowest BCUT2D eigenvalue weighted by Gasteiger charge is -2.25. The third kappa shape index (κ3) is 3.40. The molecule has 0 unspecified atom stereocenters. The first-order valence-corrected chi connectivity index (χ1v) is 8.57. The van der Waals surface area contributed by atoms with Crippen LogP contribution in [0, 0.1) is 0 Å². The lowest BCUT2D eigenvalue weighted by molar-refractivity contribution is 0.522. The topological polar surface area (TPSA) is 34.1 Å². The fourth-order valence-electron chi connectivity index (χ4n) is 1.59. The van der Waals surface area contributed by atoms with Gasteiger partial charge in [0.2, 0.25) is 9.05 Å². The van der Waals surface area contributed by atoms with Gasteiger partial charge in [0.05, 0.1) is 5.75 Å². The number of thioether (sulfide) groups is 1.